The molecule has 0 spiro atoms. The number of nitrogens with zero attached hydrogens (tertiary/aromatic N) is 2. The van der Waals surface area contributed by atoms with E-state index in [4.69, 9.17) is 0 Å². The van der Waals surface area contributed by atoms with Gasteiger partial charge in [-0.05, 0) is 5.56 Å². The van der Waals surface area contributed by atoms with Crippen molar-refractivity contribution in [1.29, 1.82) is 0 Å². The van der Waals surface area contributed by atoms with Crippen molar-refractivity contribution < 1.29 is 22.0 Å². The molecule has 0 radical (unpaired) electrons. The second-order valence-corrected chi connectivity index (χ2v) is 5.16. The van der Waals surface area contributed by atoms with Gasteiger partial charge in [0.1, 0.15) is 0 Å². The fourth-order valence-corrected chi connectivity index (χ4v) is 2.46. The van der Waals surface area contributed by atoms with Crippen LogP contribution < -0.4 is 0 Å². The highest BCUT2D eigenvalue weighted by Gasteiger charge is 2.30. The molecule has 0 saturated heterocycles. The SMILES string of the molecule is Fc1c(F)c(F)c(C2=NCN(Cc3ccccc3)C2)c(F)c1F. The zero-order valence-electron chi connectivity index (χ0n) is 11.8. The van der Waals surface area contributed by atoms with Crippen LogP contribution in [0.1, 0.15) is 11.1 Å². The average molecular weight is 326 g/mol. The van der Waals surface area contributed by atoms with E-state index in [1.807, 2.05) is 30.3 Å². The fraction of sp³-hybridized carbons (Fsp3) is 0.188. The van der Waals surface area contributed by atoms with E-state index in [1.165, 1.54) is 0 Å². The number of benzene rings is 2. The van der Waals surface area contributed by atoms with Gasteiger partial charge in [0.2, 0.25) is 5.82 Å². The Kier molecular flexibility index (Phi) is 4.12. The van der Waals surface area contributed by atoms with Gasteiger partial charge in [0, 0.05) is 13.1 Å². The predicted octanol–water partition coefficient (Wildman–Crippen LogP) is 3.64. The van der Waals surface area contributed by atoms with Crippen LogP contribution in [-0.4, -0.2) is 23.8 Å². The van der Waals surface area contributed by atoms with E-state index in [0.717, 1.165) is 5.56 Å². The minimum atomic E-state index is -2.16. The molecule has 0 amide bonds. The van der Waals surface area contributed by atoms with E-state index in [-0.39, 0.29) is 18.9 Å². The summed E-state index contributed by atoms with van der Waals surface area (Å²) in [5, 5.41) is 0. The number of halogens is 5. The van der Waals surface area contributed by atoms with Gasteiger partial charge in [0.25, 0.3) is 0 Å². The van der Waals surface area contributed by atoms with Crippen LogP contribution in [0.15, 0.2) is 35.3 Å². The van der Waals surface area contributed by atoms with Crippen LogP contribution in [0.2, 0.25) is 0 Å². The van der Waals surface area contributed by atoms with Gasteiger partial charge < -0.3 is 0 Å². The van der Waals surface area contributed by atoms with E-state index >= 15 is 0 Å². The molecule has 1 heterocycles. The lowest BCUT2D eigenvalue weighted by Gasteiger charge is -2.14. The molecule has 2 aromatic rings. The third kappa shape index (κ3) is 2.84. The molecule has 0 N–H and O–H groups in total. The summed E-state index contributed by atoms with van der Waals surface area (Å²) in [5.74, 6) is -9.77. The molecular formula is C16H11F5N2. The van der Waals surface area contributed by atoms with Crippen molar-refractivity contribution in [3.63, 3.8) is 0 Å². The third-order valence-electron chi connectivity index (χ3n) is 3.58. The molecule has 1 aliphatic heterocycles. The first kappa shape index (κ1) is 15.6. The van der Waals surface area contributed by atoms with Gasteiger partial charge in [0.15, 0.2) is 23.3 Å². The molecule has 2 aromatic carbocycles. The lowest BCUT2D eigenvalue weighted by molar-refractivity contribution is 0.334. The number of aliphatic imine (C=N–C) groups is 1. The molecule has 2 nitrogen and oxygen atoms in total. The summed E-state index contributed by atoms with van der Waals surface area (Å²) in [5.41, 5.74) is -0.132. The minimum absolute atomic E-state index is 0.00719. The van der Waals surface area contributed by atoms with Gasteiger partial charge >= 0.3 is 0 Å². The average Bonchev–Trinajstić information content (AvgIpc) is 3.00. The van der Waals surface area contributed by atoms with E-state index in [0.29, 0.717) is 6.54 Å². The van der Waals surface area contributed by atoms with Crippen LogP contribution in [0.25, 0.3) is 0 Å². The Morgan fingerprint density at radius 3 is 2.00 bits per heavy atom. The van der Waals surface area contributed by atoms with Crippen molar-refractivity contribution in [3.05, 3.63) is 70.5 Å². The van der Waals surface area contributed by atoms with E-state index < -0.39 is 34.6 Å². The monoisotopic (exact) mass is 326 g/mol. The minimum Gasteiger partial charge on any atom is -0.274 e. The Morgan fingerprint density at radius 2 is 1.39 bits per heavy atom. The summed E-state index contributed by atoms with van der Waals surface area (Å²) in [6.45, 7) is 0.597. The smallest absolute Gasteiger partial charge is 0.200 e. The maximum absolute atomic E-state index is 13.8. The van der Waals surface area contributed by atoms with E-state index in [1.54, 1.807) is 4.90 Å². The molecule has 0 aromatic heterocycles. The molecule has 1 aliphatic rings. The molecule has 7 heteroatoms. The third-order valence-corrected chi connectivity index (χ3v) is 3.58. The van der Waals surface area contributed by atoms with Gasteiger partial charge in [-0.15, -0.1) is 0 Å². The molecule has 0 bridgehead atoms. The van der Waals surface area contributed by atoms with Crippen molar-refractivity contribution in [2.45, 2.75) is 6.54 Å². The Hall–Kier alpha value is -2.28. The fourth-order valence-electron chi connectivity index (χ4n) is 2.46. The molecule has 0 atom stereocenters. The summed E-state index contributed by atoms with van der Waals surface area (Å²) >= 11 is 0. The molecule has 23 heavy (non-hydrogen) atoms. The molecule has 0 aliphatic carbocycles. The summed E-state index contributed by atoms with van der Waals surface area (Å²) in [7, 11) is 0. The van der Waals surface area contributed by atoms with Gasteiger partial charge in [-0.1, -0.05) is 30.3 Å². The van der Waals surface area contributed by atoms with Crippen LogP contribution in [0.5, 0.6) is 0 Å². The summed E-state index contributed by atoms with van der Waals surface area (Å²) in [4.78, 5) is 5.66. The first-order valence-electron chi connectivity index (χ1n) is 6.80. The van der Waals surface area contributed by atoms with Gasteiger partial charge in [-0.2, -0.15) is 0 Å². The largest absolute Gasteiger partial charge is 0.274 e. The maximum Gasteiger partial charge on any atom is 0.200 e. The molecular weight excluding hydrogens is 315 g/mol. The van der Waals surface area contributed by atoms with Crippen LogP contribution in [0.3, 0.4) is 0 Å². The zero-order valence-corrected chi connectivity index (χ0v) is 11.8. The number of rotatable bonds is 3. The van der Waals surface area contributed by atoms with E-state index in [9.17, 15) is 22.0 Å². The second kappa shape index (κ2) is 6.08. The summed E-state index contributed by atoms with van der Waals surface area (Å²) < 4.78 is 67.2. The van der Waals surface area contributed by atoms with Crippen molar-refractivity contribution >= 4 is 5.71 Å². The van der Waals surface area contributed by atoms with Gasteiger partial charge in [-0.25, -0.2) is 22.0 Å². The van der Waals surface area contributed by atoms with Crippen molar-refractivity contribution in [2.24, 2.45) is 4.99 Å². The maximum atomic E-state index is 13.8. The quantitative estimate of drug-likeness (QED) is 0.478. The number of hydrogen-bond acceptors (Lipinski definition) is 2. The highest BCUT2D eigenvalue weighted by molar-refractivity contribution is 6.03. The molecule has 0 unspecified atom stereocenters. The molecule has 120 valence electrons. The first-order chi connectivity index (χ1) is 11.0. The van der Waals surface area contributed by atoms with Crippen molar-refractivity contribution in [2.75, 3.05) is 13.2 Å². The standard InChI is InChI=1S/C16H11F5N2/c17-12-11(13(18)15(20)16(21)14(12)19)10-7-23(8-22-10)6-9-4-2-1-3-5-9/h1-5H,6-8H2. The molecule has 3 rings (SSSR count). The normalized spacial score (nSPS) is 15.1. The predicted molar refractivity (Wildman–Crippen MR) is 74.5 cm³/mol. The van der Waals surface area contributed by atoms with Crippen LogP contribution >= 0.6 is 0 Å². The van der Waals surface area contributed by atoms with Crippen molar-refractivity contribution in [3.8, 4) is 0 Å². The Morgan fingerprint density at radius 1 is 0.826 bits per heavy atom. The molecule has 0 fully saturated rings. The van der Waals surface area contributed by atoms with Crippen LogP contribution in [0, 0.1) is 29.1 Å². The Bertz CT molecular complexity index is 745. The summed E-state index contributed by atoms with van der Waals surface area (Å²) in [6, 6.07) is 9.28. The lowest BCUT2D eigenvalue weighted by atomic mass is 10.1. The Balaban J connectivity index is 1.85. The van der Waals surface area contributed by atoms with Crippen LogP contribution in [-0.2, 0) is 6.54 Å². The highest BCUT2D eigenvalue weighted by atomic mass is 19.2. The number of hydrogen-bond donors (Lipinski definition) is 0. The highest BCUT2D eigenvalue weighted by Crippen LogP contribution is 2.25. The van der Waals surface area contributed by atoms with E-state index in [2.05, 4.69) is 4.99 Å². The first-order valence-corrected chi connectivity index (χ1v) is 6.80. The zero-order chi connectivity index (χ0) is 16.6. The lowest BCUT2D eigenvalue weighted by Crippen LogP contribution is -2.24. The Labute approximate surface area is 128 Å². The topological polar surface area (TPSA) is 15.6 Å². The van der Waals surface area contributed by atoms with Crippen LogP contribution in [0.4, 0.5) is 22.0 Å². The summed E-state index contributed by atoms with van der Waals surface area (Å²) in [6.07, 6.45) is 0. The van der Waals surface area contributed by atoms with Crippen molar-refractivity contribution in [1.82, 2.24) is 4.90 Å². The van der Waals surface area contributed by atoms with Gasteiger partial charge in [0.05, 0.1) is 17.9 Å². The van der Waals surface area contributed by atoms with Gasteiger partial charge in [-0.3, -0.25) is 9.89 Å². The molecule has 0 saturated carbocycles. The second-order valence-electron chi connectivity index (χ2n) is 5.16.